The van der Waals surface area contributed by atoms with Gasteiger partial charge in [0.1, 0.15) is 0 Å². The summed E-state index contributed by atoms with van der Waals surface area (Å²) in [6, 6.07) is 1.53. The SMILES string of the molecule is CC(=O)N1CCCn2nc(C(=O)O)cc2C1. The summed E-state index contributed by atoms with van der Waals surface area (Å²) < 4.78 is 1.67. The fourth-order valence-electron chi connectivity index (χ4n) is 1.84. The molecule has 86 valence electrons. The van der Waals surface area contributed by atoms with Crippen molar-refractivity contribution in [2.24, 2.45) is 0 Å². The molecule has 0 radical (unpaired) electrons. The molecule has 0 spiro atoms. The van der Waals surface area contributed by atoms with Crippen LogP contribution in [0.2, 0.25) is 0 Å². The molecule has 0 bridgehead atoms. The maximum Gasteiger partial charge on any atom is 0.356 e. The third-order valence-electron chi connectivity index (χ3n) is 2.68. The predicted octanol–water partition coefficient (Wildman–Crippen LogP) is 0.333. The van der Waals surface area contributed by atoms with E-state index < -0.39 is 5.97 Å². The summed E-state index contributed by atoms with van der Waals surface area (Å²) in [6.07, 6.45) is 0.799. The Kier molecular flexibility index (Phi) is 2.64. The molecular formula is C10H13N3O3. The molecule has 1 aromatic heterocycles. The molecule has 0 fully saturated rings. The van der Waals surface area contributed by atoms with Crippen molar-refractivity contribution in [3.63, 3.8) is 0 Å². The maximum absolute atomic E-state index is 11.3. The Labute approximate surface area is 92.5 Å². The Morgan fingerprint density at radius 1 is 1.44 bits per heavy atom. The molecule has 0 aliphatic carbocycles. The predicted molar refractivity (Wildman–Crippen MR) is 54.9 cm³/mol. The zero-order valence-electron chi connectivity index (χ0n) is 9.01. The minimum atomic E-state index is -1.03. The van der Waals surface area contributed by atoms with Gasteiger partial charge in [-0.2, -0.15) is 5.10 Å². The Hall–Kier alpha value is -1.85. The highest BCUT2D eigenvalue weighted by Crippen LogP contribution is 2.13. The lowest BCUT2D eigenvalue weighted by molar-refractivity contribution is -0.129. The summed E-state index contributed by atoms with van der Waals surface area (Å²) in [5.41, 5.74) is 0.825. The zero-order valence-corrected chi connectivity index (χ0v) is 9.01. The average molecular weight is 223 g/mol. The number of rotatable bonds is 1. The molecule has 0 atom stereocenters. The van der Waals surface area contributed by atoms with Crippen molar-refractivity contribution in [2.75, 3.05) is 6.54 Å². The molecule has 2 heterocycles. The number of nitrogens with zero attached hydrogens (tertiary/aromatic N) is 3. The van der Waals surface area contributed by atoms with Crippen LogP contribution in [-0.4, -0.2) is 38.2 Å². The first-order valence-electron chi connectivity index (χ1n) is 5.13. The van der Waals surface area contributed by atoms with Gasteiger partial charge in [0.2, 0.25) is 5.91 Å². The van der Waals surface area contributed by atoms with Gasteiger partial charge in [-0.25, -0.2) is 4.79 Å². The standard InChI is InChI=1S/C10H13N3O3/c1-7(14)12-3-2-4-13-8(6-12)5-9(11-13)10(15)16/h5H,2-4,6H2,1H3,(H,15,16). The maximum atomic E-state index is 11.3. The first kappa shape index (κ1) is 10.7. The van der Waals surface area contributed by atoms with Gasteiger partial charge in [0.05, 0.1) is 12.2 Å². The van der Waals surface area contributed by atoms with E-state index in [-0.39, 0.29) is 11.6 Å². The smallest absolute Gasteiger partial charge is 0.356 e. The van der Waals surface area contributed by atoms with Gasteiger partial charge in [0.15, 0.2) is 5.69 Å². The van der Waals surface area contributed by atoms with Gasteiger partial charge in [-0.3, -0.25) is 9.48 Å². The number of hydrogen-bond donors (Lipinski definition) is 1. The van der Waals surface area contributed by atoms with Crippen LogP contribution in [0.1, 0.15) is 29.5 Å². The van der Waals surface area contributed by atoms with Crippen molar-refractivity contribution in [3.8, 4) is 0 Å². The van der Waals surface area contributed by atoms with Gasteiger partial charge in [-0.15, -0.1) is 0 Å². The van der Waals surface area contributed by atoms with E-state index in [9.17, 15) is 9.59 Å². The number of fused-ring (bicyclic) bond motifs is 1. The van der Waals surface area contributed by atoms with E-state index in [0.29, 0.717) is 19.6 Å². The number of aromatic carboxylic acids is 1. The van der Waals surface area contributed by atoms with Gasteiger partial charge in [0, 0.05) is 20.0 Å². The fourth-order valence-corrected chi connectivity index (χ4v) is 1.84. The molecule has 1 N–H and O–H groups in total. The molecule has 1 aliphatic heterocycles. The molecule has 1 amide bonds. The quantitative estimate of drug-likeness (QED) is 0.744. The van der Waals surface area contributed by atoms with E-state index >= 15 is 0 Å². The van der Waals surface area contributed by atoms with E-state index in [2.05, 4.69) is 5.10 Å². The molecule has 16 heavy (non-hydrogen) atoms. The number of amides is 1. The van der Waals surface area contributed by atoms with Crippen LogP contribution in [0.3, 0.4) is 0 Å². The van der Waals surface area contributed by atoms with Gasteiger partial charge in [0.25, 0.3) is 0 Å². The number of aryl methyl sites for hydroxylation is 1. The summed E-state index contributed by atoms with van der Waals surface area (Å²) in [7, 11) is 0. The Morgan fingerprint density at radius 2 is 2.19 bits per heavy atom. The number of carboxylic acids is 1. The highest BCUT2D eigenvalue weighted by Gasteiger charge is 2.19. The highest BCUT2D eigenvalue weighted by atomic mass is 16.4. The second-order valence-electron chi connectivity index (χ2n) is 3.84. The minimum absolute atomic E-state index is 0.00604. The molecule has 1 aromatic rings. The lowest BCUT2D eigenvalue weighted by atomic mass is 10.3. The lowest BCUT2D eigenvalue weighted by Crippen LogP contribution is -2.28. The summed E-state index contributed by atoms with van der Waals surface area (Å²) in [5, 5.41) is 12.8. The highest BCUT2D eigenvalue weighted by molar-refractivity contribution is 5.85. The van der Waals surface area contributed by atoms with Crippen LogP contribution >= 0.6 is 0 Å². The second kappa shape index (κ2) is 3.96. The van der Waals surface area contributed by atoms with Crippen molar-refractivity contribution in [1.29, 1.82) is 0 Å². The third-order valence-corrected chi connectivity index (χ3v) is 2.68. The second-order valence-corrected chi connectivity index (χ2v) is 3.84. The van der Waals surface area contributed by atoms with Crippen LogP contribution in [0.5, 0.6) is 0 Å². The summed E-state index contributed by atoms with van der Waals surface area (Å²) >= 11 is 0. The minimum Gasteiger partial charge on any atom is -0.476 e. The number of carbonyl (C=O) groups is 2. The molecule has 0 aromatic carbocycles. The zero-order chi connectivity index (χ0) is 11.7. The average Bonchev–Trinajstić information content (AvgIpc) is 2.50. The molecule has 6 nitrogen and oxygen atoms in total. The van der Waals surface area contributed by atoms with Crippen molar-refractivity contribution in [1.82, 2.24) is 14.7 Å². The van der Waals surface area contributed by atoms with Gasteiger partial charge >= 0.3 is 5.97 Å². The van der Waals surface area contributed by atoms with Crippen LogP contribution in [0.25, 0.3) is 0 Å². The molecule has 2 rings (SSSR count). The Morgan fingerprint density at radius 3 is 2.81 bits per heavy atom. The first-order valence-corrected chi connectivity index (χ1v) is 5.13. The van der Waals surface area contributed by atoms with E-state index in [0.717, 1.165) is 12.1 Å². The van der Waals surface area contributed by atoms with Gasteiger partial charge in [-0.05, 0) is 12.5 Å². The van der Waals surface area contributed by atoms with Crippen molar-refractivity contribution in [2.45, 2.75) is 26.4 Å². The normalized spacial score (nSPS) is 15.4. The third kappa shape index (κ3) is 1.91. The van der Waals surface area contributed by atoms with Gasteiger partial charge in [-0.1, -0.05) is 0 Å². The number of hydrogen-bond acceptors (Lipinski definition) is 3. The first-order chi connectivity index (χ1) is 7.58. The Balaban J connectivity index is 2.28. The molecule has 1 aliphatic rings. The number of carboxylic acid groups (broad SMARTS) is 1. The molecule has 0 saturated carbocycles. The van der Waals surface area contributed by atoms with Crippen LogP contribution in [-0.2, 0) is 17.9 Å². The molecule has 0 saturated heterocycles. The van der Waals surface area contributed by atoms with E-state index in [1.165, 1.54) is 13.0 Å². The monoisotopic (exact) mass is 223 g/mol. The van der Waals surface area contributed by atoms with Crippen molar-refractivity contribution < 1.29 is 14.7 Å². The van der Waals surface area contributed by atoms with Crippen LogP contribution in [0, 0.1) is 0 Å². The van der Waals surface area contributed by atoms with Gasteiger partial charge < -0.3 is 10.0 Å². The van der Waals surface area contributed by atoms with Crippen LogP contribution < -0.4 is 0 Å². The van der Waals surface area contributed by atoms with Crippen molar-refractivity contribution >= 4 is 11.9 Å². The summed E-state index contributed by atoms with van der Waals surface area (Å²) in [5.74, 6) is -1.03. The van der Waals surface area contributed by atoms with Crippen molar-refractivity contribution in [3.05, 3.63) is 17.5 Å². The van der Waals surface area contributed by atoms with Crippen LogP contribution in [0.15, 0.2) is 6.07 Å². The Bertz CT molecular complexity index is 439. The molecule has 6 heteroatoms. The molecule has 0 unspecified atom stereocenters. The van der Waals surface area contributed by atoms with Crippen LogP contribution in [0.4, 0.5) is 0 Å². The fraction of sp³-hybridized carbons (Fsp3) is 0.500. The summed E-state index contributed by atoms with van der Waals surface area (Å²) in [4.78, 5) is 23.7. The number of aromatic nitrogens is 2. The summed E-state index contributed by atoms with van der Waals surface area (Å²) in [6.45, 7) is 3.31. The van der Waals surface area contributed by atoms with E-state index in [4.69, 9.17) is 5.11 Å². The largest absolute Gasteiger partial charge is 0.476 e. The topological polar surface area (TPSA) is 75.4 Å². The lowest BCUT2D eigenvalue weighted by Gasteiger charge is -2.17. The molecular weight excluding hydrogens is 210 g/mol. The van der Waals surface area contributed by atoms with E-state index in [1.807, 2.05) is 0 Å². The number of carbonyl (C=O) groups excluding carboxylic acids is 1. The van der Waals surface area contributed by atoms with E-state index in [1.54, 1.807) is 9.58 Å².